The van der Waals surface area contributed by atoms with E-state index in [1.807, 2.05) is 78.9 Å². The molecule has 0 aliphatic carbocycles. The molecule has 0 radical (unpaired) electrons. The van der Waals surface area contributed by atoms with Crippen molar-refractivity contribution in [2.75, 3.05) is 6.61 Å². The number of aryl methyl sites for hydroxylation is 1. The number of hydrogen-bond acceptors (Lipinski definition) is 6. The van der Waals surface area contributed by atoms with Gasteiger partial charge in [0.2, 0.25) is 5.91 Å². The lowest BCUT2D eigenvalue weighted by atomic mass is 9.96. The van der Waals surface area contributed by atoms with Crippen LogP contribution in [0, 0.1) is 0 Å². The molecule has 6 nitrogen and oxygen atoms in total. The van der Waals surface area contributed by atoms with Gasteiger partial charge in [0.25, 0.3) is 10.0 Å². The van der Waals surface area contributed by atoms with E-state index >= 15 is 0 Å². The number of aliphatic hydroxyl groups excluding tert-OH is 1. The lowest BCUT2D eigenvalue weighted by molar-refractivity contribution is -0.119. The van der Waals surface area contributed by atoms with Gasteiger partial charge in [-0.2, -0.15) is 0 Å². The van der Waals surface area contributed by atoms with Crippen LogP contribution < -0.4 is 9.46 Å². The van der Waals surface area contributed by atoms with E-state index in [1.165, 1.54) is 6.07 Å². The zero-order valence-corrected chi connectivity index (χ0v) is 20.5. The highest BCUT2D eigenvalue weighted by Crippen LogP contribution is 2.28. The topological polar surface area (TPSA) is 92.7 Å². The van der Waals surface area contributed by atoms with Crippen LogP contribution in [0.5, 0.6) is 5.75 Å². The largest absolute Gasteiger partial charge is 0.491 e. The predicted octanol–water partition coefficient (Wildman–Crippen LogP) is 4.97. The summed E-state index contributed by atoms with van der Waals surface area (Å²) >= 11 is 1.06. The Bertz CT molecular complexity index is 1370. The van der Waals surface area contributed by atoms with E-state index in [-0.39, 0.29) is 17.2 Å². The number of amides is 1. The second-order valence-electron chi connectivity index (χ2n) is 7.88. The molecule has 1 heterocycles. The van der Waals surface area contributed by atoms with Crippen LogP contribution in [-0.2, 0) is 21.2 Å². The van der Waals surface area contributed by atoms with Crippen molar-refractivity contribution in [3.63, 3.8) is 0 Å². The number of carbonyl (C=O) groups is 1. The van der Waals surface area contributed by atoms with Gasteiger partial charge in [0.15, 0.2) is 0 Å². The second-order valence-corrected chi connectivity index (χ2v) is 10.7. The lowest BCUT2D eigenvalue weighted by Gasteiger charge is -2.14. The Hall–Kier alpha value is -3.46. The predicted molar refractivity (Wildman–Crippen MR) is 137 cm³/mol. The zero-order valence-electron chi connectivity index (χ0n) is 18.8. The highest BCUT2D eigenvalue weighted by molar-refractivity contribution is 7.92. The molecule has 180 valence electrons. The molecule has 0 spiro atoms. The molecular weight excluding hydrogens is 482 g/mol. The van der Waals surface area contributed by atoms with Crippen LogP contribution in [-0.4, -0.2) is 26.0 Å². The van der Waals surface area contributed by atoms with Gasteiger partial charge in [0.1, 0.15) is 22.7 Å². The van der Waals surface area contributed by atoms with Crippen LogP contribution in [0.4, 0.5) is 0 Å². The first-order valence-electron chi connectivity index (χ1n) is 11.1. The van der Waals surface area contributed by atoms with Gasteiger partial charge >= 0.3 is 0 Å². The van der Waals surface area contributed by atoms with Crippen LogP contribution in [0.1, 0.15) is 23.7 Å². The third-order valence-corrected chi connectivity index (χ3v) is 8.15. The average molecular weight is 508 g/mol. The molecule has 0 saturated carbocycles. The first-order valence-corrected chi connectivity index (χ1v) is 13.4. The molecule has 4 aromatic rings. The SMILES string of the molecule is O=C(CCc1ccccc1-c1cccc(OCC(O)c2ccccc2)c1)NS(=O)(=O)c1cccs1. The number of sulfonamides is 1. The molecule has 4 rings (SSSR count). The van der Waals surface area contributed by atoms with E-state index in [9.17, 15) is 18.3 Å². The second kappa shape index (κ2) is 11.3. The highest BCUT2D eigenvalue weighted by atomic mass is 32.2. The number of benzene rings is 3. The molecule has 0 fully saturated rings. The summed E-state index contributed by atoms with van der Waals surface area (Å²) in [4.78, 5) is 12.4. The molecule has 0 bridgehead atoms. The number of ether oxygens (including phenoxy) is 1. The summed E-state index contributed by atoms with van der Waals surface area (Å²) in [7, 11) is -3.84. The molecule has 0 aliphatic heterocycles. The zero-order chi connectivity index (χ0) is 24.7. The van der Waals surface area contributed by atoms with Gasteiger partial charge in [0.05, 0.1) is 0 Å². The molecule has 8 heteroatoms. The summed E-state index contributed by atoms with van der Waals surface area (Å²) in [5.74, 6) is 0.0623. The van der Waals surface area contributed by atoms with Crippen molar-refractivity contribution in [2.24, 2.45) is 0 Å². The summed E-state index contributed by atoms with van der Waals surface area (Å²) in [6, 6.07) is 27.6. The van der Waals surface area contributed by atoms with E-state index in [4.69, 9.17) is 4.74 Å². The molecule has 1 aromatic heterocycles. The fourth-order valence-electron chi connectivity index (χ4n) is 3.64. The molecule has 35 heavy (non-hydrogen) atoms. The van der Waals surface area contributed by atoms with Crippen molar-refractivity contribution in [1.82, 2.24) is 4.72 Å². The maximum atomic E-state index is 12.4. The lowest BCUT2D eigenvalue weighted by Crippen LogP contribution is -2.30. The van der Waals surface area contributed by atoms with Crippen molar-refractivity contribution in [1.29, 1.82) is 0 Å². The summed E-state index contributed by atoms with van der Waals surface area (Å²) in [5, 5.41) is 12.0. The minimum absolute atomic E-state index is 0.0288. The Morgan fingerprint density at radius 2 is 1.71 bits per heavy atom. The van der Waals surface area contributed by atoms with Crippen LogP contribution in [0.15, 0.2) is 101 Å². The van der Waals surface area contributed by atoms with Gasteiger partial charge in [-0.3, -0.25) is 4.79 Å². The quantitative estimate of drug-likeness (QED) is 0.316. The Balaban J connectivity index is 1.42. The van der Waals surface area contributed by atoms with Gasteiger partial charge < -0.3 is 9.84 Å². The molecule has 2 N–H and O–H groups in total. The van der Waals surface area contributed by atoms with Crippen molar-refractivity contribution < 1.29 is 23.1 Å². The van der Waals surface area contributed by atoms with Gasteiger partial charge in [0, 0.05) is 6.42 Å². The fraction of sp³-hybridized carbons (Fsp3) is 0.148. The van der Waals surface area contributed by atoms with Crippen molar-refractivity contribution in [2.45, 2.75) is 23.2 Å². The maximum absolute atomic E-state index is 12.4. The molecule has 3 aromatic carbocycles. The van der Waals surface area contributed by atoms with Crippen LogP contribution >= 0.6 is 11.3 Å². The van der Waals surface area contributed by atoms with Crippen molar-refractivity contribution >= 4 is 27.3 Å². The number of rotatable bonds is 10. The number of carbonyl (C=O) groups excluding carboxylic acids is 1. The highest BCUT2D eigenvalue weighted by Gasteiger charge is 2.19. The molecule has 1 unspecified atom stereocenters. The first kappa shape index (κ1) is 24.7. The van der Waals surface area contributed by atoms with E-state index in [0.29, 0.717) is 12.2 Å². The standard InChI is InChI=1S/C27H25NO5S2/c29-25(21-9-2-1-3-10-21)19-33-23-12-6-11-22(18-23)24-13-5-4-8-20(24)15-16-26(30)28-35(31,32)27-14-7-17-34-27/h1-14,17-18,25,29H,15-16,19H2,(H,28,30). The van der Waals surface area contributed by atoms with E-state index in [2.05, 4.69) is 4.72 Å². The van der Waals surface area contributed by atoms with E-state index in [1.54, 1.807) is 11.4 Å². The minimum Gasteiger partial charge on any atom is -0.491 e. The Kier molecular flexibility index (Phi) is 7.97. The third kappa shape index (κ3) is 6.57. The van der Waals surface area contributed by atoms with E-state index in [0.717, 1.165) is 33.6 Å². The molecule has 0 aliphatic rings. The fourth-order valence-corrected chi connectivity index (χ4v) is 5.64. The Labute approximate surface area is 208 Å². The number of nitrogens with one attached hydrogen (secondary N) is 1. The van der Waals surface area contributed by atoms with Gasteiger partial charge in [-0.15, -0.1) is 11.3 Å². The molecule has 0 saturated heterocycles. The monoisotopic (exact) mass is 507 g/mol. The summed E-state index contributed by atoms with van der Waals surface area (Å²) in [6.45, 7) is 0.119. The Morgan fingerprint density at radius 1 is 0.943 bits per heavy atom. The molecule has 1 amide bonds. The van der Waals surface area contributed by atoms with Crippen LogP contribution in [0.3, 0.4) is 0 Å². The van der Waals surface area contributed by atoms with Gasteiger partial charge in [-0.05, 0) is 52.3 Å². The van der Waals surface area contributed by atoms with Gasteiger partial charge in [-0.25, -0.2) is 13.1 Å². The Morgan fingerprint density at radius 3 is 2.49 bits per heavy atom. The normalized spacial score (nSPS) is 12.1. The smallest absolute Gasteiger partial charge is 0.273 e. The average Bonchev–Trinajstić information content (AvgIpc) is 3.43. The summed E-state index contributed by atoms with van der Waals surface area (Å²) in [5.41, 5.74) is 3.53. The molecular formula is C27H25NO5S2. The molecule has 1 atom stereocenters. The summed E-state index contributed by atoms with van der Waals surface area (Å²) in [6.07, 6.45) is -0.336. The van der Waals surface area contributed by atoms with Crippen molar-refractivity contribution in [3.05, 3.63) is 108 Å². The van der Waals surface area contributed by atoms with Crippen molar-refractivity contribution in [3.8, 4) is 16.9 Å². The van der Waals surface area contributed by atoms with Crippen LogP contribution in [0.2, 0.25) is 0 Å². The number of aliphatic hydroxyl groups is 1. The summed E-state index contributed by atoms with van der Waals surface area (Å²) < 4.78 is 32.7. The number of hydrogen-bond donors (Lipinski definition) is 2. The number of thiophene rings is 1. The van der Waals surface area contributed by atoms with Gasteiger partial charge in [-0.1, -0.05) is 72.8 Å². The van der Waals surface area contributed by atoms with Crippen LogP contribution in [0.25, 0.3) is 11.1 Å². The maximum Gasteiger partial charge on any atom is 0.273 e. The van der Waals surface area contributed by atoms with E-state index < -0.39 is 22.0 Å². The third-order valence-electron chi connectivity index (χ3n) is 5.38. The first-order chi connectivity index (χ1) is 16.9. The minimum atomic E-state index is -3.84.